The van der Waals surface area contributed by atoms with Crippen molar-refractivity contribution in [3.63, 3.8) is 0 Å². The van der Waals surface area contributed by atoms with Gasteiger partial charge in [-0.3, -0.25) is 0 Å². The van der Waals surface area contributed by atoms with Gasteiger partial charge in [0.2, 0.25) is 0 Å². The number of anilines is 6. The fraction of sp³-hybridized carbons (Fsp3) is 0.267. The Kier molecular flexibility index (Phi) is 32.0. The van der Waals surface area contributed by atoms with Gasteiger partial charge in [-0.05, 0) is 245 Å². The fourth-order valence-corrected chi connectivity index (χ4v) is 11.8. The number of aromatic nitrogens is 6. The molecule has 0 aliphatic heterocycles. The number of hydrogen-bond donors (Lipinski definition) is 0. The van der Waals surface area contributed by atoms with Gasteiger partial charge in [-0.2, -0.15) is 0 Å². The van der Waals surface area contributed by atoms with Crippen molar-refractivity contribution in [2.75, 3.05) is 114 Å². The van der Waals surface area contributed by atoms with Crippen LogP contribution in [0.5, 0.6) is 0 Å². The van der Waals surface area contributed by atoms with Gasteiger partial charge in [-0.15, -0.1) is 0 Å². The molecule has 12 aromatic rings. The largest absolute Gasteiger partial charge is 0.378 e. The van der Waals surface area contributed by atoms with E-state index >= 15 is 0 Å². The minimum absolute atomic E-state index is 0.805. The lowest BCUT2D eigenvalue weighted by Crippen LogP contribution is -2.39. The lowest BCUT2D eigenvalue weighted by molar-refractivity contribution is -0.714. The fourth-order valence-electron chi connectivity index (χ4n) is 11.8. The molecule has 12 rings (SSSR count). The normalized spacial score (nSPS) is 11.4. The third kappa shape index (κ3) is 26.7. The number of pyridine rings is 6. The third-order valence-electron chi connectivity index (χ3n) is 18.4. The molecular formula is C90H108N24+6. The van der Waals surface area contributed by atoms with Crippen LogP contribution >= 0.6 is 0 Å². The predicted molar refractivity (Wildman–Crippen MR) is 457 cm³/mol. The van der Waals surface area contributed by atoms with Crippen molar-refractivity contribution in [1.29, 1.82) is 0 Å². The molecule has 24 nitrogen and oxygen atoms in total. The van der Waals surface area contributed by atoms with Crippen molar-refractivity contribution in [1.82, 2.24) is 0 Å². The van der Waals surface area contributed by atoms with E-state index in [1.165, 1.54) is 0 Å². The Morgan fingerprint density at radius 3 is 0.474 bits per heavy atom. The highest BCUT2D eigenvalue weighted by molar-refractivity contribution is 5.56. The summed E-state index contributed by atoms with van der Waals surface area (Å²) in [4.78, 5) is 12.4. The molecule has 0 atom stereocenters. The van der Waals surface area contributed by atoms with Gasteiger partial charge in [0.25, 0.3) is 0 Å². The summed E-state index contributed by atoms with van der Waals surface area (Å²) in [6.07, 6.45) is 18.4. The first-order valence-corrected chi connectivity index (χ1v) is 38.5. The summed E-state index contributed by atoms with van der Waals surface area (Å²) >= 11 is 0. The van der Waals surface area contributed by atoms with Gasteiger partial charge in [-0.25, -0.2) is 27.4 Å². The van der Waals surface area contributed by atoms with E-state index in [1.54, 1.807) is 0 Å². The molecule has 6 aromatic carbocycles. The summed E-state index contributed by atoms with van der Waals surface area (Å²) in [5.41, 5.74) is 11.8. The van der Waals surface area contributed by atoms with Gasteiger partial charge in [0.05, 0.1) is 107 Å². The zero-order valence-electron chi connectivity index (χ0n) is 67.9. The number of aryl methyl sites for hydroxylation is 6. The monoisotopic (exact) mass is 1520 g/mol. The highest BCUT2D eigenvalue weighted by atomic mass is 15.2. The van der Waals surface area contributed by atoms with Crippen LogP contribution < -0.4 is 56.8 Å². The van der Waals surface area contributed by atoms with E-state index in [9.17, 15) is 0 Å². The summed E-state index contributed by atoms with van der Waals surface area (Å²) in [6.45, 7) is 5.11. The van der Waals surface area contributed by atoms with Crippen LogP contribution in [0.4, 0.5) is 103 Å². The molecule has 0 saturated heterocycles. The maximum atomic E-state index is 4.51. The van der Waals surface area contributed by atoms with Crippen molar-refractivity contribution in [2.24, 2.45) is 61.4 Å². The summed E-state index contributed by atoms with van der Waals surface area (Å²) < 4.78 is 12.9. The highest BCUT2D eigenvalue weighted by Gasteiger charge is 2.17. The molecule has 0 amide bonds. The summed E-state index contributed by atoms with van der Waals surface area (Å²) in [5, 5.41) is 53.7. The van der Waals surface area contributed by atoms with Gasteiger partial charge in [-0.1, -0.05) is 36.4 Å². The van der Waals surface area contributed by atoms with Crippen molar-refractivity contribution >= 4 is 103 Å². The lowest BCUT2D eigenvalue weighted by atomic mass is 10.2. The molecule has 114 heavy (non-hydrogen) atoms. The molecule has 24 heteroatoms. The molecule has 0 unspecified atom stereocenters. The van der Waals surface area contributed by atoms with Crippen molar-refractivity contribution in [3.8, 4) is 0 Å². The van der Waals surface area contributed by atoms with Gasteiger partial charge in [0, 0.05) is 162 Å². The number of unbranched alkanes of at least 4 members (excludes halogenated alkanes) is 3. The molecule has 0 radical (unpaired) electrons. The Bertz CT molecular complexity index is 4780. The maximum Gasteiger partial charge on any atom is 0.350 e. The minimum Gasteiger partial charge on any atom is -0.378 e. The first-order valence-electron chi connectivity index (χ1n) is 38.5. The first-order chi connectivity index (χ1) is 55.5. The zero-order chi connectivity index (χ0) is 80.2. The Hall–Kier alpha value is -13.4. The van der Waals surface area contributed by atoms with Crippen molar-refractivity contribution in [2.45, 2.75) is 77.8 Å². The molecule has 6 heterocycles. The van der Waals surface area contributed by atoms with E-state index in [-0.39, 0.29) is 0 Å². The van der Waals surface area contributed by atoms with E-state index in [4.69, 9.17) is 0 Å². The quantitative estimate of drug-likeness (QED) is 0.0223. The standard InChI is InChI=1S/C31H38N8.C30H36N8.C29H34N8/c1-36(2)28-18-14-26(15-19-28)32-34-30-12-6-10-24-38(30)22-8-5-9-23-39-25-11-7-13-31(39)35-33-27-16-20-29(21-17-27)37(3)4;1-35(2)27-17-13-25(14-18-27)31-33-29-11-5-7-21-37(29)23-9-10-24-38-22-8-6-12-30(38)34-32-26-15-19-28(20-16-26)36(3)4;1-34(2)26-16-12-24(13-17-26)30-32-28-10-5-7-20-36(28)22-9-23-37-21-8-6-11-29(37)33-31-25-14-18-27(19-15-25)35(3)4/h6-7,10-21,24-25H,5,8-9,22-23H2,1-4H3;5-8,11-22H,9-10,23-24H2,1-4H3;5-8,10-21H,9,22-23H2,1-4H3/q3*+2. The first kappa shape index (κ1) is 83.1. The van der Waals surface area contributed by atoms with Crippen LogP contribution in [0.15, 0.2) is 353 Å². The van der Waals surface area contributed by atoms with Gasteiger partial charge < -0.3 is 29.4 Å². The van der Waals surface area contributed by atoms with E-state index in [2.05, 4.69) is 143 Å². The Balaban J connectivity index is 0.000000181. The van der Waals surface area contributed by atoms with Crippen LogP contribution in [0.2, 0.25) is 0 Å². The number of nitrogens with zero attached hydrogens (tertiary/aromatic N) is 24. The second-order valence-corrected chi connectivity index (χ2v) is 28.3. The molecule has 0 bridgehead atoms. The topological polar surface area (TPSA) is 191 Å². The Morgan fingerprint density at radius 2 is 0.316 bits per heavy atom. The molecule has 0 aliphatic rings. The number of hydrogen-bond acceptors (Lipinski definition) is 18. The van der Waals surface area contributed by atoms with Gasteiger partial charge in [0.1, 0.15) is 34.1 Å². The SMILES string of the molecule is CN(C)c1ccc(N=Nc2cccc[n+]2CCCCC[n+]2ccccc2N=Nc2ccc(N(C)C)cc2)cc1.CN(C)c1ccc(N=Nc2cccc[n+]2CCCC[n+]2ccccc2N=Nc2ccc(N(C)C)cc2)cc1.CN(C)c1ccc(N=Nc2cccc[n+]2CCC[n+]2ccccc2N=Nc2ccc(N(C)C)cc2)cc1. The van der Waals surface area contributed by atoms with Crippen LogP contribution in [0.1, 0.15) is 38.5 Å². The average molecular weight is 1530 g/mol. The Labute approximate surface area is 672 Å². The van der Waals surface area contributed by atoms with E-state index < -0.39 is 0 Å². The van der Waals surface area contributed by atoms with Crippen LogP contribution in [0.25, 0.3) is 0 Å². The summed E-state index contributed by atoms with van der Waals surface area (Å²) in [5.74, 6) is 5.02. The summed E-state index contributed by atoms with van der Waals surface area (Å²) in [6, 6.07) is 84.4. The minimum atomic E-state index is 0.805. The smallest absolute Gasteiger partial charge is 0.350 e. The van der Waals surface area contributed by atoms with Crippen LogP contribution in [0.3, 0.4) is 0 Å². The van der Waals surface area contributed by atoms with Crippen LogP contribution in [-0.2, 0) is 39.3 Å². The van der Waals surface area contributed by atoms with E-state index in [0.717, 1.165) is 181 Å². The van der Waals surface area contributed by atoms with Crippen LogP contribution in [0, 0.1) is 0 Å². The molecule has 0 fully saturated rings. The van der Waals surface area contributed by atoms with Gasteiger partial charge >= 0.3 is 34.9 Å². The highest BCUT2D eigenvalue weighted by Crippen LogP contribution is 2.27. The van der Waals surface area contributed by atoms with Crippen molar-refractivity contribution < 1.29 is 27.4 Å². The zero-order valence-corrected chi connectivity index (χ0v) is 67.9. The van der Waals surface area contributed by atoms with E-state index in [0.29, 0.717) is 0 Å². The maximum absolute atomic E-state index is 4.51. The predicted octanol–water partition coefficient (Wildman–Crippen LogP) is 20.1. The molecular weight excluding hydrogens is 1420 g/mol. The molecule has 0 spiro atoms. The third-order valence-corrected chi connectivity index (χ3v) is 18.4. The number of azo groups is 6. The average Bonchev–Trinajstić information content (AvgIpc) is 0.880. The molecule has 6 aromatic heterocycles. The van der Waals surface area contributed by atoms with E-state index in [1.807, 2.05) is 352 Å². The van der Waals surface area contributed by atoms with Gasteiger partial charge in [0.15, 0.2) is 0 Å². The van der Waals surface area contributed by atoms with Crippen LogP contribution in [-0.4, -0.2) is 84.6 Å². The Morgan fingerprint density at radius 1 is 0.167 bits per heavy atom. The second kappa shape index (κ2) is 43.9. The molecule has 0 aliphatic carbocycles. The lowest BCUT2D eigenvalue weighted by Gasteiger charge is -2.11. The summed E-state index contributed by atoms with van der Waals surface area (Å²) in [7, 11) is 24.3. The second-order valence-electron chi connectivity index (χ2n) is 28.3. The molecule has 0 N–H and O–H groups in total. The number of rotatable bonds is 33. The number of benzene rings is 6. The molecule has 0 saturated carbocycles. The molecule has 582 valence electrons. The van der Waals surface area contributed by atoms with Crippen molar-refractivity contribution in [3.05, 3.63) is 292 Å².